The lowest BCUT2D eigenvalue weighted by Gasteiger charge is -2.39. The molecule has 2 bridgehead atoms. The average Bonchev–Trinajstić information content (AvgIpc) is 3.56. The smallest absolute Gasteiger partial charge is 0.247 e. The van der Waals surface area contributed by atoms with Crippen LogP contribution in [0, 0.1) is 11.8 Å². The van der Waals surface area contributed by atoms with Crippen molar-refractivity contribution in [1.82, 2.24) is 14.7 Å². The molecule has 8 heteroatoms. The number of amides is 3. The minimum Gasteiger partial charge on any atom is -0.396 e. The van der Waals surface area contributed by atoms with E-state index in [1.807, 2.05) is 54.0 Å². The SMILES string of the molecule is C=CCN(Cc1ccccc1)C(=O)[C@@H]1[C@H]2C(=O)N(CCCCCO)C(C(=O)N(CC=C)C(C)C)C23CC[C@H]1S3. The second-order valence-electron chi connectivity index (χ2n) is 11.2. The number of hydrogen-bond donors (Lipinski definition) is 1. The topological polar surface area (TPSA) is 81.2 Å². The molecule has 7 nitrogen and oxygen atoms in total. The molecule has 0 aromatic heterocycles. The number of aliphatic hydroxyl groups is 1. The molecule has 3 fully saturated rings. The fourth-order valence-electron chi connectivity index (χ4n) is 6.78. The van der Waals surface area contributed by atoms with Gasteiger partial charge in [-0.25, -0.2) is 0 Å². The molecule has 3 heterocycles. The van der Waals surface area contributed by atoms with Crippen LogP contribution >= 0.6 is 11.8 Å². The summed E-state index contributed by atoms with van der Waals surface area (Å²) >= 11 is 1.71. The maximum absolute atomic E-state index is 14.2. The molecule has 0 aliphatic carbocycles. The summed E-state index contributed by atoms with van der Waals surface area (Å²) in [6.45, 7) is 13.6. The zero-order valence-electron chi connectivity index (χ0n) is 23.3. The maximum Gasteiger partial charge on any atom is 0.247 e. The van der Waals surface area contributed by atoms with Gasteiger partial charge in [-0.2, -0.15) is 0 Å². The Balaban J connectivity index is 1.68. The Morgan fingerprint density at radius 2 is 1.85 bits per heavy atom. The molecule has 1 spiro atoms. The number of thioether (sulfide) groups is 1. The number of rotatable bonds is 14. The van der Waals surface area contributed by atoms with Crippen molar-refractivity contribution in [2.75, 3.05) is 26.2 Å². The van der Waals surface area contributed by atoms with Crippen LogP contribution < -0.4 is 0 Å². The van der Waals surface area contributed by atoms with E-state index in [0.717, 1.165) is 24.8 Å². The second kappa shape index (κ2) is 12.7. The predicted octanol–water partition coefficient (Wildman–Crippen LogP) is 3.88. The van der Waals surface area contributed by atoms with Gasteiger partial charge < -0.3 is 19.8 Å². The molecule has 39 heavy (non-hydrogen) atoms. The average molecular weight is 554 g/mol. The van der Waals surface area contributed by atoms with Gasteiger partial charge in [0, 0.05) is 44.1 Å². The van der Waals surface area contributed by atoms with Gasteiger partial charge in [-0.05, 0) is 51.5 Å². The van der Waals surface area contributed by atoms with Gasteiger partial charge in [0.05, 0.1) is 16.6 Å². The molecule has 212 valence electrons. The van der Waals surface area contributed by atoms with Crippen LogP contribution in [0.3, 0.4) is 0 Å². The number of likely N-dealkylation sites (tertiary alicyclic amines) is 1. The number of fused-ring (bicyclic) bond motifs is 1. The van der Waals surface area contributed by atoms with E-state index in [1.165, 1.54) is 0 Å². The Morgan fingerprint density at radius 1 is 1.13 bits per heavy atom. The molecule has 3 amide bonds. The van der Waals surface area contributed by atoms with Gasteiger partial charge in [0.1, 0.15) is 6.04 Å². The molecular weight excluding hydrogens is 510 g/mol. The number of aliphatic hydroxyl groups excluding tert-OH is 1. The van der Waals surface area contributed by atoms with Crippen molar-refractivity contribution in [3.8, 4) is 0 Å². The van der Waals surface area contributed by atoms with Crippen LogP contribution in [0.4, 0.5) is 0 Å². The minimum atomic E-state index is -0.600. The summed E-state index contributed by atoms with van der Waals surface area (Å²) in [7, 11) is 0. The maximum atomic E-state index is 14.2. The summed E-state index contributed by atoms with van der Waals surface area (Å²) in [5.74, 6) is -1.09. The summed E-state index contributed by atoms with van der Waals surface area (Å²) in [5, 5.41) is 9.27. The van der Waals surface area contributed by atoms with Crippen molar-refractivity contribution in [2.24, 2.45) is 11.8 Å². The molecule has 1 aromatic rings. The molecule has 1 aromatic carbocycles. The molecule has 3 saturated heterocycles. The third kappa shape index (κ3) is 5.55. The number of benzene rings is 1. The number of unbranched alkanes of at least 4 members (excludes halogenated alkanes) is 2. The number of carbonyl (C=O) groups excluding carboxylic acids is 3. The summed E-state index contributed by atoms with van der Waals surface area (Å²) in [6, 6.07) is 9.25. The van der Waals surface area contributed by atoms with E-state index in [0.29, 0.717) is 39.0 Å². The van der Waals surface area contributed by atoms with Crippen LogP contribution in [0.1, 0.15) is 51.5 Å². The quantitative estimate of drug-likeness (QED) is 0.279. The van der Waals surface area contributed by atoms with Gasteiger partial charge >= 0.3 is 0 Å². The molecule has 0 radical (unpaired) electrons. The van der Waals surface area contributed by atoms with E-state index in [1.54, 1.807) is 28.8 Å². The van der Waals surface area contributed by atoms with Crippen LogP contribution in [0.2, 0.25) is 0 Å². The molecule has 2 unspecified atom stereocenters. The summed E-state index contributed by atoms with van der Waals surface area (Å²) in [4.78, 5) is 48.1. The highest BCUT2D eigenvalue weighted by atomic mass is 32.2. The standard InChI is InChI=1S/C31H43N3O4S/c1-5-17-32(21-23-13-9-7-10-14-23)28(36)25-24-15-16-31(39-24)26(25)29(37)34(19-11-8-12-20-35)27(31)30(38)33(18-6-2)22(3)4/h5-7,9-10,13-14,22,24-27,35H,1-2,8,11-12,15-21H2,3-4H3/t24-,25+,26+,27?,31?/m1/s1. The predicted molar refractivity (Wildman–Crippen MR) is 156 cm³/mol. The highest BCUT2D eigenvalue weighted by Gasteiger charge is 2.74. The third-order valence-corrected chi connectivity index (χ3v) is 10.4. The molecule has 3 aliphatic heterocycles. The minimum absolute atomic E-state index is 0.0173. The van der Waals surface area contributed by atoms with Crippen molar-refractivity contribution in [2.45, 2.75) is 74.6 Å². The van der Waals surface area contributed by atoms with Crippen LogP contribution in [0.15, 0.2) is 55.6 Å². The number of nitrogens with zero attached hydrogens (tertiary/aromatic N) is 3. The lowest BCUT2D eigenvalue weighted by molar-refractivity contribution is -0.145. The van der Waals surface area contributed by atoms with Crippen molar-refractivity contribution in [3.63, 3.8) is 0 Å². The Kier molecular flexibility index (Phi) is 9.60. The molecule has 1 N–H and O–H groups in total. The number of carbonyl (C=O) groups is 3. The lowest BCUT2D eigenvalue weighted by atomic mass is 9.70. The molecule has 5 atom stereocenters. The summed E-state index contributed by atoms with van der Waals surface area (Å²) in [6.07, 6.45) is 7.21. The first-order chi connectivity index (χ1) is 18.8. The Bertz CT molecular complexity index is 1060. The molecular formula is C31H43N3O4S. The van der Waals surface area contributed by atoms with Crippen molar-refractivity contribution in [1.29, 1.82) is 0 Å². The van der Waals surface area contributed by atoms with Gasteiger partial charge in [-0.15, -0.1) is 24.9 Å². The first kappa shape index (κ1) is 29.4. The molecule has 3 aliphatic rings. The number of hydrogen-bond acceptors (Lipinski definition) is 5. The lowest BCUT2D eigenvalue weighted by Crippen LogP contribution is -2.56. The van der Waals surface area contributed by atoms with E-state index < -0.39 is 22.6 Å². The van der Waals surface area contributed by atoms with E-state index in [2.05, 4.69) is 13.2 Å². The highest BCUT2D eigenvalue weighted by molar-refractivity contribution is 8.02. The van der Waals surface area contributed by atoms with Crippen molar-refractivity contribution in [3.05, 3.63) is 61.2 Å². The Morgan fingerprint density at radius 3 is 2.49 bits per heavy atom. The van der Waals surface area contributed by atoms with Crippen LogP contribution in [-0.4, -0.2) is 85.8 Å². The van der Waals surface area contributed by atoms with Crippen molar-refractivity contribution >= 4 is 29.5 Å². The third-order valence-electron chi connectivity index (χ3n) is 8.49. The van der Waals surface area contributed by atoms with Crippen LogP contribution in [0.25, 0.3) is 0 Å². The van der Waals surface area contributed by atoms with Gasteiger partial charge in [-0.1, -0.05) is 42.5 Å². The Hall–Kier alpha value is -2.58. The van der Waals surface area contributed by atoms with E-state index >= 15 is 0 Å². The van der Waals surface area contributed by atoms with Crippen LogP contribution in [0.5, 0.6) is 0 Å². The monoisotopic (exact) mass is 553 g/mol. The van der Waals surface area contributed by atoms with Gasteiger partial charge in [0.15, 0.2) is 0 Å². The summed E-state index contributed by atoms with van der Waals surface area (Å²) in [5.41, 5.74) is 1.03. The largest absolute Gasteiger partial charge is 0.396 e. The fraction of sp³-hybridized carbons (Fsp3) is 0.581. The summed E-state index contributed by atoms with van der Waals surface area (Å²) < 4.78 is -0.600. The van der Waals surface area contributed by atoms with E-state index in [4.69, 9.17) is 0 Å². The first-order valence-corrected chi connectivity index (χ1v) is 15.1. The van der Waals surface area contributed by atoms with E-state index in [-0.39, 0.29) is 35.6 Å². The van der Waals surface area contributed by atoms with Crippen molar-refractivity contribution < 1.29 is 19.5 Å². The molecule has 4 rings (SSSR count). The van der Waals surface area contributed by atoms with Gasteiger partial charge in [0.25, 0.3) is 0 Å². The van der Waals surface area contributed by atoms with Gasteiger partial charge in [0.2, 0.25) is 17.7 Å². The molecule has 0 saturated carbocycles. The highest BCUT2D eigenvalue weighted by Crippen LogP contribution is 2.66. The normalized spacial score (nSPS) is 27.1. The van der Waals surface area contributed by atoms with Gasteiger partial charge in [-0.3, -0.25) is 14.4 Å². The zero-order valence-corrected chi connectivity index (χ0v) is 24.2. The fourth-order valence-corrected chi connectivity index (χ4v) is 8.99. The zero-order chi connectivity index (χ0) is 28.2. The van der Waals surface area contributed by atoms with E-state index in [9.17, 15) is 19.5 Å². The second-order valence-corrected chi connectivity index (χ2v) is 12.8. The first-order valence-electron chi connectivity index (χ1n) is 14.2. The Labute approximate surface area is 237 Å². The van der Waals surface area contributed by atoms with Crippen LogP contribution in [-0.2, 0) is 20.9 Å².